The number of ether oxygens (including phenoxy) is 2. The molecule has 2 aromatic rings. The van der Waals surface area contributed by atoms with E-state index in [0.717, 1.165) is 42.7 Å². The third-order valence-corrected chi connectivity index (χ3v) is 5.35. The van der Waals surface area contributed by atoms with Gasteiger partial charge < -0.3 is 14.8 Å². The lowest BCUT2D eigenvalue weighted by Gasteiger charge is -2.28. The van der Waals surface area contributed by atoms with E-state index in [1.807, 2.05) is 55.5 Å². The van der Waals surface area contributed by atoms with Crippen LogP contribution < -0.4 is 10.1 Å². The maximum atomic E-state index is 13.2. The van der Waals surface area contributed by atoms with Gasteiger partial charge in [-0.15, -0.1) is 0 Å². The fraction of sp³-hybridized carbons (Fsp3) is 0.409. The van der Waals surface area contributed by atoms with Gasteiger partial charge >= 0.3 is 0 Å². The van der Waals surface area contributed by atoms with Gasteiger partial charge in [0.2, 0.25) is 5.91 Å². The summed E-state index contributed by atoms with van der Waals surface area (Å²) >= 11 is 6.02. The second-order valence-electron chi connectivity index (χ2n) is 6.82. The highest BCUT2D eigenvalue weighted by Gasteiger charge is 2.42. The van der Waals surface area contributed by atoms with E-state index in [1.165, 1.54) is 0 Å². The number of rotatable bonds is 8. The molecule has 4 nitrogen and oxygen atoms in total. The Morgan fingerprint density at radius 2 is 1.70 bits per heavy atom. The molecule has 1 saturated carbocycles. The molecule has 0 saturated heterocycles. The first-order chi connectivity index (χ1) is 13.1. The molecule has 1 amide bonds. The summed E-state index contributed by atoms with van der Waals surface area (Å²) in [6.45, 7) is 3.72. The van der Waals surface area contributed by atoms with E-state index >= 15 is 0 Å². The van der Waals surface area contributed by atoms with Crippen LogP contribution in [0.2, 0.25) is 5.02 Å². The summed E-state index contributed by atoms with van der Waals surface area (Å²) in [4.78, 5) is 13.2. The Labute approximate surface area is 165 Å². The average molecular weight is 388 g/mol. The normalized spacial score (nSPS) is 15.5. The van der Waals surface area contributed by atoms with Gasteiger partial charge in [-0.2, -0.15) is 0 Å². The second-order valence-corrected chi connectivity index (χ2v) is 7.26. The van der Waals surface area contributed by atoms with E-state index in [2.05, 4.69) is 5.32 Å². The highest BCUT2D eigenvalue weighted by atomic mass is 35.5. The number of benzene rings is 2. The molecule has 2 aromatic carbocycles. The van der Waals surface area contributed by atoms with Gasteiger partial charge in [-0.25, -0.2) is 0 Å². The fourth-order valence-electron chi connectivity index (χ4n) is 3.64. The van der Waals surface area contributed by atoms with Crippen molar-refractivity contribution in [1.29, 1.82) is 0 Å². The predicted molar refractivity (Wildman–Crippen MR) is 109 cm³/mol. The number of hydrogen-bond donors (Lipinski definition) is 1. The average Bonchev–Trinajstić information content (AvgIpc) is 3.18. The molecule has 5 heteroatoms. The van der Waals surface area contributed by atoms with Gasteiger partial charge in [0.1, 0.15) is 12.4 Å². The Morgan fingerprint density at radius 1 is 1.04 bits per heavy atom. The van der Waals surface area contributed by atoms with Gasteiger partial charge in [-0.05, 0) is 61.7 Å². The second kappa shape index (κ2) is 9.25. The van der Waals surface area contributed by atoms with E-state index in [1.54, 1.807) is 0 Å². The summed E-state index contributed by atoms with van der Waals surface area (Å²) < 4.78 is 10.9. The monoisotopic (exact) mass is 387 g/mol. The lowest BCUT2D eigenvalue weighted by Crippen LogP contribution is -2.37. The first-order valence-electron chi connectivity index (χ1n) is 9.52. The van der Waals surface area contributed by atoms with Crippen molar-refractivity contribution >= 4 is 23.2 Å². The minimum atomic E-state index is -0.475. The number of halogens is 1. The van der Waals surface area contributed by atoms with Crippen molar-refractivity contribution < 1.29 is 14.3 Å². The van der Waals surface area contributed by atoms with Crippen molar-refractivity contribution in [3.8, 4) is 5.75 Å². The third-order valence-electron chi connectivity index (χ3n) is 5.10. The van der Waals surface area contributed by atoms with Crippen molar-refractivity contribution in [1.82, 2.24) is 0 Å². The minimum absolute atomic E-state index is 0.0485. The van der Waals surface area contributed by atoms with Crippen LogP contribution in [-0.2, 0) is 14.9 Å². The molecule has 3 rings (SSSR count). The lowest BCUT2D eigenvalue weighted by atomic mass is 9.78. The topological polar surface area (TPSA) is 47.6 Å². The quantitative estimate of drug-likeness (QED) is 0.633. The molecule has 0 bridgehead atoms. The molecule has 1 fully saturated rings. The van der Waals surface area contributed by atoms with Crippen LogP contribution in [0.4, 0.5) is 5.69 Å². The van der Waals surface area contributed by atoms with Gasteiger partial charge in [0.15, 0.2) is 0 Å². The minimum Gasteiger partial charge on any atom is -0.491 e. The smallest absolute Gasteiger partial charge is 0.235 e. The maximum Gasteiger partial charge on any atom is 0.235 e. The largest absolute Gasteiger partial charge is 0.491 e. The van der Waals surface area contributed by atoms with Gasteiger partial charge in [0, 0.05) is 17.3 Å². The molecular weight excluding hydrogens is 362 g/mol. The van der Waals surface area contributed by atoms with Crippen LogP contribution in [0, 0.1) is 0 Å². The van der Waals surface area contributed by atoms with Crippen LogP contribution in [0.25, 0.3) is 0 Å². The highest BCUT2D eigenvalue weighted by Crippen LogP contribution is 2.42. The summed E-state index contributed by atoms with van der Waals surface area (Å²) in [6, 6.07) is 15.1. The molecule has 27 heavy (non-hydrogen) atoms. The molecule has 0 radical (unpaired) electrons. The zero-order valence-electron chi connectivity index (χ0n) is 15.7. The Kier molecular flexibility index (Phi) is 6.75. The maximum absolute atomic E-state index is 13.2. The van der Waals surface area contributed by atoms with Crippen LogP contribution in [0.3, 0.4) is 0 Å². The molecule has 0 spiro atoms. The molecule has 0 aliphatic heterocycles. The van der Waals surface area contributed by atoms with Gasteiger partial charge in [0.25, 0.3) is 0 Å². The van der Waals surface area contributed by atoms with Crippen LogP contribution >= 0.6 is 11.6 Å². The first-order valence-corrected chi connectivity index (χ1v) is 9.90. The summed E-state index contributed by atoms with van der Waals surface area (Å²) in [6.07, 6.45) is 3.84. The van der Waals surface area contributed by atoms with Crippen molar-refractivity contribution in [2.24, 2.45) is 0 Å². The van der Waals surface area contributed by atoms with Gasteiger partial charge in [-0.3, -0.25) is 4.79 Å². The Morgan fingerprint density at radius 3 is 2.33 bits per heavy atom. The van der Waals surface area contributed by atoms with E-state index < -0.39 is 5.41 Å². The Bertz CT molecular complexity index is 737. The van der Waals surface area contributed by atoms with Crippen molar-refractivity contribution in [3.63, 3.8) is 0 Å². The predicted octanol–water partition coefficient (Wildman–Crippen LogP) is 5.21. The van der Waals surface area contributed by atoms with Gasteiger partial charge in [0.05, 0.1) is 12.0 Å². The number of hydrogen-bond acceptors (Lipinski definition) is 3. The standard InChI is InChI=1S/C22H26ClNO3/c1-2-26-15-16-27-20-11-9-19(10-12-20)24-21(25)22(13-3-4-14-22)17-5-7-18(23)8-6-17/h5-12H,2-4,13-16H2,1H3,(H,24,25). The molecule has 0 aromatic heterocycles. The molecule has 1 aliphatic rings. The van der Waals surface area contributed by atoms with Gasteiger partial charge in [-0.1, -0.05) is 36.6 Å². The summed E-state index contributed by atoms with van der Waals surface area (Å²) in [7, 11) is 0. The number of nitrogens with one attached hydrogen (secondary N) is 1. The molecule has 0 atom stereocenters. The van der Waals surface area contributed by atoms with E-state index in [0.29, 0.717) is 24.8 Å². The molecule has 0 heterocycles. The molecule has 144 valence electrons. The highest BCUT2D eigenvalue weighted by molar-refractivity contribution is 6.30. The van der Waals surface area contributed by atoms with Crippen molar-refractivity contribution in [2.75, 3.05) is 25.1 Å². The Balaban J connectivity index is 1.66. The third kappa shape index (κ3) is 4.82. The van der Waals surface area contributed by atoms with Crippen LogP contribution in [0.1, 0.15) is 38.2 Å². The number of carbonyl (C=O) groups excluding carboxylic acids is 1. The SMILES string of the molecule is CCOCCOc1ccc(NC(=O)C2(c3ccc(Cl)cc3)CCCC2)cc1. The summed E-state index contributed by atoms with van der Waals surface area (Å²) in [5.41, 5.74) is 1.34. The molecule has 1 aliphatic carbocycles. The Hall–Kier alpha value is -2.04. The molecule has 1 N–H and O–H groups in total. The zero-order chi connectivity index (χ0) is 19.1. The zero-order valence-corrected chi connectivity index (χ0v) is 16.4. The fourth-order valence-corrected chi connectivity index (χ4v) is 3.77. The first kappa shape index (κ1) is 19.7. The number of carbonyl (C=O) groups is 1. The van der Waals surface area contributed by atoms with E-state index in [9.17, 15) is 4.79 Å². The van der Waals surface area contributed by atoms with Crippen LogP contribution in [-0.4, -0.2) is 25.7 Å². The van der Waals surface area contributed by atoms with Crippen molar-refractivity contribution in [3.05, 3.63) is 59.1 Å². The summed E-state index contributed by atoms with van der Waals surface area (Å²) in [5, 5.41) is 3.78. The summed E-state index contributed by atoms with van der Waals surface area (Å²) in [5.74, 6) is 0.813. The molecular formula is C22H26ClNO3. The molecule has 0 unspecified atom stereocenters. The number of amides is 1. The van der Waals surface area contributed by atoms with Crippen LogP contribution in [0.5, 0.6) is 5.75 Å². The van der Waals surface area contributed by atoms with Crippen LogP contribution in [0.15, 0.2) is 48.5 Å². The van der Waals surface area contributed by atoms with E-state index in [4.69, 9.17) is 21.1 Å². The number of anilines is 1. The van der Waals surface area contributed by atoms with E-state index in [-0.39, 0.29) is 5.91 Å². The van der Waals surface area contributed by atoms with Crippen molar-refractivity contribution in [2.45, 2.75) is 38.0 Å². The lowest BCUT2D eigenvalue weighted by molar-refractivity contribution is -0.121.